The highest BCUT2D eigenvalue weighted by Crippen LogP contribution is 2.40. The fourth-order valence-electron chi connectivity index (χ4n) is 2.19. The zero-order valence-electron chi connectivity index (χ0n) is 7.75. The van der Waals surface area contributed by atoms with Crippen molar-refractivity contribution in [2.45, 2.75) is 50.7 Å². The van der Waals surface area contributed by atoms with E-state index in [4.69, 9.17) is 9.84 Å². The van der Waals surface area contributed by atoms with Crippen LogP contribution in [0.2, 0.25) is 0 Å². The highest BCUT2D eigenvalue weighted by molar-refractivity contribution is 4.89. The van der Waals surface area contributed by atoms with Crippen LogP contribution in [0.15, 0.2) is 0 Å². The molecule has 0 bridgehead atoms. The second kappa shape index (κ2) is 3.00. The Balaban J connectivity index is 1.88. The summed E-state index contributed by atoms with van der Waals surface area (Å²) in [4.78, 5) is 0. The highest BCUT2D eigenvalue weighted by atomic mass is 16.5. The van der Waals surface area contributed by atoms with E-state index in [2.05, 4.69) is 0 Å². The molecule has 1 saturated carbocycles. The number of rotatable bonds is 2. The Morgan fingerprint density at radius 3 is 2.58 bits per heavy atom. The quantitative estimate of drug-likeness (QED) is 0.683. The maximum Gasteiger partial charge on any atom is 0.0889 e. The first-order chi connectivity index (χ1) is 5.73. The minimum atomic E-state index is -0.222. The van der Waals surface area contributed by atoms with Crippen molar-refractivity contribution in [3.63, 3.8) is 0 Å². The minimum Gasteiger partial charge on any atom is -0.393 e. The van der Waals surface area contributed by atoms with Crippen LogP contribution in [0.5, 0.6) is 0 Å². The van der Waals surface area contributed by atoms with Crippen LogP contribution in [-0.2, 0) is 4.74 Å². The van der Waals surface area contributed by atoms with E-state index in [1.165, 1.54) is 19.3 Å². The van der Waals surface area contributed by atoms with Gasteiger partial charge in [0.25, 0.3) is 0 Å². The van der Waals surface area contributed by atoms with Gasteiger partial charge >= 0.3 is 0 Å². The molecule has 1 saturated heterocycles. The van der Waals surface area contributed by atoms with Crippen LogP contribution >= 0.6 is 0 Å². The summed E-state index contributed by atoms with van der Waals surface area (Å²) in [6.07, 6.45) is 6.70. The van der Waals surface area contributed by atoms with Gasteiger partial charge in [-0.3, -0.25) is 0 Å². The van der Waals surface area contributed by atoms with Crippen LogP contribution < -0.4 is 0 Å². The Labute approximate surface area is 73.9 Å². The average molecular weight is 170 g/mol. The molecule has 0 aromatic heterocycles. The summed E-state index contributed by atoms with van der Waals surface area (Å²) >= 11 is 0. The molecule has 70 valence electrons. The van der Waals surface area contributed by atoms with Gasteiger partial charge in [-0.2, -0.15) is 0 Å². The molecule has 12 heavy (non-hydrogen) atoms. The van der Waals surface area contributed by atoms with Crippen molar-refractivity contribution in [3.8, 4) is 0 Å². The molecular formula is C10H18O2. The lowest BCUT2D eigenvalue weighted by molar-refractivity contribution is -0.0893. The van der Waals surface area contributed by atoms with E-state index in [1.54, 1.807) is 0 Å². The molecule has 1 aliphatic heterocycles. The number of hydrogen-bond acceptors (Lipinski definition) is 2. The Hall–Kier alpha value is -0.0800. The van der Waals surface area contributed by atoms with E-state index in [0.717, 1.165) is 18.8 Å². The van der Waals surface area contributed by atoms with Crippen molar-refractivity contribution in [3.05, 3.63) is 0 Å². The predicted molar refractivity (Wildman–Crippen MR) is 46.9 cm³/mol. The summed E-state index contributed by atoms with van der Waals surface area (Å²) in [6, 6.07) is 0. The third-order valence-corrected chi connectivity index (χ3v) is 3.40. The Kier molecular flexibility index (Phi) is 2.13. The van der Waals surface area contributed by atoms with Gasteiger partial charge in [-0.15, -0.1) is 0 Å². The van der Waals surface area contributed by atoms with E-state index in [-0.39, 0.29) is 12.2 Å². The van der Waals surface area contributed by atoms with Gasteiger partial charge in [-0.25, -0.2) is 0 Å². The lowest BCUT2D eigenvalue weighted by atomic mass is 9.80. The second-order valence-electron chi connectivity index (χ2n) is 4.49. The maximum absolute atomic E-state index is 9.09. The van der Waals surface area contributed by atoms with Gasteiger partial charge in [0.15, 0.2) is 0 Å². The van der Waals surface area contributed by atoms with Crippen LogP contribution in [0.3, 0.4) is 0 Å². The topological polar surface area (TPSA) is 29.5 Å². The average Bonchev–Trinajstić information content (AvgIpc) is 2.31. The predicted octanol–water partition coefficient (Wildman–Crippen LogP) is 1.72. The van der Waals surface area contributed by atoms with Crippen molar-refractivity contribution in [1.29, 1.82) is 0 Å². The molecule has 0 amide bonds. The third-order valence-electron chi connectivity index (χ3n) is 3.40. The normalized spacial score (nSPS) is 43.0. The number of hydrogen-bond donors (Lipinski definition) is 1. The first-order valence-corrected chi connectivity index (χ1v) is 5.02. The van der Waals surface area contributed by atoms with Gasteiger partial charge in [-0.05, 0) is 38.5 Å². The SMILES string of the molecule is CC1(CO)CCC(C2CCC2)O1. The van der Waals surface area contributed by atoms with Gasteiger partial charge in [-0.1, -0.05) is 6.42 Å². The van der Waals surface area contributed by atoms with E-state index >= 15 is 0 Å². The second-order valence-corrected chi connectivity index (χ2v) is 4.49. The molecule has 1 N–H and O–H groups in total. The summed E-state index contributed by atoms with van der Waals surface area (Å²) in [5.41, 5.74) is -0.222. The maximum atomic E-state index is 9.09. The van der Waals surface area contributed by atoms with Gasteiger partial charge < -0.3 is 9.84 Å². The molecule has 1 heterocycles. The zero-order chi connectivity index (χ0) is 8.60. The Morgan fingerprint density at radius 2 is 2.17 bits per heavy atom. The number of aliphatic hydroxyl groups is 1. The van der Waals surface area contributed by atoms with Crippen LogP contribution in [-0.4, -0.2) is 23.4 Å². The number of ether oxygens (including phenoxy) is 1. The molecule has 2 rings (SSSR count). The lowest BCUT2D eigenvalue weighted by Gasteiger charge is -2.32. The molecule has 2 atom stereocenters. The van der Waals surface area contributed by atoms with Crippen molar-refractivity contribution in [1.82, 2.24) is 0 Å². The molecule has 2 nitrogen and oxygen atoms in total. The van der Waals surface area contributed by atoms with Crippen LogP contribution in [0.1, 0.15) is 39.0 Å². The smallest absolute Gasteiger partial charge is 0.0889 e. The third kappa shape index (κ3) is 1.38. The van der Waals surface area contributed by atoms with Gasteiger partial charge in [0.2, 0.25) is 0 Å². The molecule has 2 aliphatic rings. The van der Waals surface area contributed by atoms with E-state index < -0.39 is 0 Å². The molecule has 0 aromatic carbocycles. The minimum absolute atomic E-state index is 0.177. The Morgan fingerprint density at radius 1 is 1.42 bits per heavy atom. The van der Waals surface area contributed by atoms with Crippen molar-refractivity contribution < 1.29 is 9.84 Å². The van der Waals surface area contributed by atoms with Crippen molar-refractivity contribution >= 4 is 0 Å². The highest BCUT2D eigenvalue weighted by Gasteiger charge is 2.40. The van der Waals surface area contributed by atoms with Gasteiger partial charge in [0.1, 0.15) is 0 Å². The molecule has 0 spiro atoms. The summed E-state index contributed by atoms with van der Waals surface area (Å²) in [5.74, 6) is 0.804. The monoisotopic (exact) mass is 170 g/mol. The molecule has 1 aliphatic carbocycles. The van der Waals surface area contributed by atoms with E-state index in [1.807, 2.05) is 6.92 Å². The largest absolute Gasteiger partial charge is 0.393 e. The zero-order valence-corrected chi connectivity index (χ0v) is 7.75. The lowest BCUT2D eigenvalue weighted by Crippen LogP contribution is -2.33. The first-order valence-electron chi connectivity index (χ1n) is 5.02. The summed E-state index contributed by atoms with van der Waals surface area (Å²) in [6.45, 7) is 2.20. The van der Waals surface area contributed by atoms with Gasteiger partial charge in [0.05, 0.1) is 18.3 Å². The molecule has 0 aromatic rings. The molecule has 0 radical (unpaired) electrons. The molecular weight excluding hydrogens is 152 g/mol. The fourth-order valence-corrected chi connectivity index (χ4v) is 2.19. The van der Waals surface area contributed by atoms with Crippen molar-refractivity contribution in [2.75, 3.05) is 6.61 Å². The summed E-state index contributed by atoms with van der Waals surface area (Å²) < 4.78 is 5.85. The number of aliphatic hydroxyl groups excluding tert-OH is 1. The van der Waals surface area contributed by atoms with E-state index in [0.29, 0.717) is 6.10 Å². The van der Waals surface area contributed by atoms with Crippen LogP contribution in [0.25, 0.3) is 0 Å². The molecule has 2 fully saturated rings. The molecule has 2 heteroatoms. The van der Waals surface area contributed by atoms with Gasteiger partial charge in [0, 0.05) is 0 Å². The fraction of sp³-hybridized carbons (Fsp3) is 1.00. The first kappa shape index (κ1) is 8.52. The summed E-state index contributed by atoms with van der Waals surface area (Å²) in [5, 5.41) is 9.09. The standard InChI is InChI=1S/C10H18O2/c1-10(7-11)6-5-9(12-10)8-3-2-4-8/h8-9,11H,2-7H2,1H3. The molecule has 2 unspecified atom stereocenters. The van der Waals surface area contributed by atoms with Crippen LogP contribution in [0, 0.1) is 5.92 Å². The Bertz CT molecular complexity index is 165. The van der Waals surface area contributed by atoms with Crippen LogP contribution in [0.4, 0.5) is 0 Å². The van der Waals surface area contributed by atoms with Crippen molar-refractivity contribution in [2.24, 2.45) is 5.92 Å². The summed E-state index contributed by atoms with van der Waals surface area (Å²) in [7, 11) is 0. The van der Waals surface area contributed by atoms with E-state index in [9.17, 15) is 0 Å².